The lowest BCUT2D eigenvalue weighted by Gasteiger charge is -2.29. The van der Waals surface area contributed by atoms with Crippen molar-refractivity contribution in [3.63, 3.8) is 0 Å². The molecule has 28 nitrogen and oxygen atoms in total. The topological polar surface area (TPSA) is 360 Å². The van der Waals surface area contributed by atoms with Crippen molar-refractivity contribution >= 4 is 102 Å². The summed E-state index contributed by atoms with van der Waals surface area (Å²) < 4.78 is 255. The van der Waals surface area contributed by atoms with Gasteiger partial charge in [-0.3, -0.25) is 17.2 Å². The molecule has 1 unspecified atom stereocenters. The lowest BCUT2D eigenvalue weighted by Crippen LogP contribution is -2.36. The van der Waals surface area contributed by atoms with Gasteiger partial charge in [-0.25, -0.2) is 67.3 Å². The van der Waals surface area contributed by atoms with Gasteiger partial charge in [-0.15, -0.1) is 0 Å². The van der Waals surface area contributed by atoms with E-state index in [0.29, 0.717) is 195 Å². The molecule has 0 spiro atoms. The highest BCUT2D eigenvalue weighted by Gasteiger charge is 2.40. The number of fused-ring (bicyclic) bond motifs is 8. The molecule has 0 radical (unpaired) electrons. The number of ether oxygens (including phenoxy) is 8. The standard InChI is InChI=1S/C24H23NO6S2.C23H21NO6S2.C18H19NO6S2.C17H17NO6S2/c1-17-13-19-14-20(33(28,29)21-8-10-23-24(15-21)31-12-11-30-23)7-9-22(19)25(17)32(26,27)16-18-5-3-2-4-6-18;1-16-13-17-14-19(31(25,26)20-8-10-22-23(15-20)30-12-11-29-22)7-9-21(17)24(16)32(27,28)18-5-3-2-4-6-18;1-26(20,21)19-8-2-3-13-11-14(4-6-16(13)19)27(22,23)15-5-7-17-18(12-15)25-10-9-24-17;1-25(19,20)18-7-6-12-10-13(2-4-15(12)18)26(21,22)14-3-5-16-17(11-14)24-9-8-23-16/h2-10,14-15,17H,11-13,16H2,1H3;2-10,14-16H,11-13H2,1H3;4-7,11-12H,2-3,8-10H2,1H3;2-5,10-11H,6-9H2,1H3/t17-;;;/m0.../s1. The van der Waals surface area contributed by atoms with Crippen molar-refractivity contribution in [1.82, 2.24) is 0 Å². The van der Waals surface area contributed by atoms with Gasteiger partial charge in [-0.1, -0.05) is 48.5 Å². The highest BCUT2D eigenvalue weighted by molar-refractivity contribution is 7.94. The van der Waals surface area contributed by atoms with E-state index >= 15 is 0 Å². The molecule has 2 atom stereocenters. The number of hydrogen-bond acceptors (Lipinski definition) is 24. The lowest BCUT2D eigenvalue weighted by atomic mass is 10.0. The van der Waals surface area contributed by atoms with Crippen molar-refractivity contribution in [2.45, 2.75) is 108 Å². The fourth-order valence-corrected chi connectivity index (χ4v) is 25.9. The molecule has 620 valence electrons. The van der Waals surface area contributed by atoms with Crippen LogP contribution in [0.25, 0.3) is 0 Å². The number of nitrogens with zero attached hydrogens (tertiary/aromatic N) is 4. The summed E-state index contributed by atoms with van der Waals surface area (Å²) in [6.45, 7) is 7.54. The van der Waals surface area contributed by atoms with Gasteiger partial charge in [-0.05, 0) is 207 Å². The Labute approximate surface area is 685 Å². The maximum atomic E-state index is 13.3. The Morgan fingerprint density at radius 1 is 0.297 bits per heavy atom. The normalized spacial score (nSPS) is 17.2. The molecule has 8 aliphatic rings. The van der Waals surface area contributed by atoms with Crippen LogP contribution in [0, 0.1) is 0 Å². The quantitative estimate of drug-likeness (QED) is 0.0920. The molecule has 0 saturated heterocycles. The first kappa shape index (κ1) is 82.5. The van der Waals surface area contributed by atoms with E-state index in [1.54, 1.807) is 127 Å². The van der Waals surface area contributed by atoms with Crippen molar-refractivity contribution in [2.24, 2.45) is 0 Å². The van der Waals surface area contributed by atoms with Gasteiger partial charge in [0.15, 0.2) is 46.0 Å². The minimum atomic E-state index is -3.82. The predicted octanol–water partition coefficient (Wildman–Crippen LogP) is 10.6. The Kier molecular flexibility index (Phi) is 22.6. The van der Waals surface area contributed by atoms with Gasteiger partial charge in [-0.2, -0.15) is 0 Å². The molecule has 8 aliphatic heterocycles. The Hall–Kier alpha value is -10.6. The molecule has 0 N–H and O–H groups in total. The molecular formula is C82H80N4O24S8. The third-order valence-corrected chi connectivity index (χ3v) is 33.7. The van der Waals surface area contributed by atoms with Crippen LogP contribution in [0.4, 0.5) is 22.7 Å². The second-order valence-electron chi connectivity index (χ2n) is 28.7. The average Bonchev–Trinajstić information content (AvgIpc) is 1.58. The van der Waals surface area contributed by atoms with E-state index in [2.05, 4.69) is 0 Å². The highest BCUT2D eigenvalue weighted by Crippen LogP contribution is 2.45. The van der Waals surface area contributed by atoms with Gasteiger partial charge < -0.3 is 37.9 Å². The predicted molar refractivity (Wildman–Crippen MR) is 438 cm³/mol. The number of aryl methyl sites for hydroxylation is 1. The van der Waals surface area contributed by atoms with Crippen LogP contribution < -0.4 is 55.1 Å². The van der Waals surface area contributed by atoms with E-state index in [1.165, 1.54) is 90.0 Å². The molecule has 0 bridgehead atoms. The number of benzene rings is 10. The molecule has 10 aromatic carbocycles. The number of rotatable bonds is 15. The van der Waals surface area contributed by atoms with E-state index in [0.717, 1.165) is 12.5 Å². The fraction of sp³-hybridized carbons (Fsp3) is 0.268. The first-order valence-corrected chi connectivity index (χ1v) is 50.0. The average molecular weight is 1760 g/mol. The second-order valence-corrected chi connectivity index (χ2v) is 44.0. The molecule has 8 heterocycles. The second kappa shape index (κ2) is 32.3. The summed E-state index contributed by atoms with van der Waals surface area (Å²) in [4.78, 5) is 1.12. The summed E-state index contributed by atoms with van der Waals surface area (Å²) in [5.41, 5.74) is 5.60. The van der Waals surface area contributed by atoms with Gasteiger partial charge in [0.05, 0.1) is 85.1 Å². The van der Waals surface area contributed by atoms with Crippen LogP contribution in [-0.4, -0.2) is 158 Å². The molecule has 0 saturated carbocycles. The maximum Gasteiger partial charge on any atom is 0.264 e. The van der Waals surface area contributed by atoms with Crippen LogP contribution >= 0.6 is 0 Å². The Bertz CT molecular complexity index is 6610. The minimum Gasteiger partial charge on any atom is -0.486 e. The number of hydrogen-bond donors (Lipinski definition) is 0. The minimum absolute atomic E-state index is 0.0986. The van der Waals surface area contributed by atoms with Crippen molar-refractivity contribution < 1.29 is 105 Å². The molecular weight excluding hydrogens is 1680 g/mol. The molecule has 0 amide bonds. The lowest BCUT2D eigenvalue weighted by molar-refractivity contribution is 0.171. The maximum absolute atomic E-state index is 13.3. The molecule has 36 heteroatoms. The van der Waals surface area contributed by atoms with Crippen molar-refractivity contribution in [2.75, 3.05) is 95.7 Å². The number of anilines is 4. The SMILES string of the molecule is CC1Cc2cc(S(=O)(=O)c3ccc4c(c3)OCCO4)ccc2N1S(=O)(=O)c1ccccc1.CS(=O)(=O)N1CCCc2cc(S(=O)(=O)c3ccc4c(c3)OCCO4)ccc21.CS(=O)(=O)N1CCc2cc(S(=O)(=O)c3ccc4c(c3)OCCO4)ccc21.C[C@H]1Cc2cc(S(=O)(=O)c3ccc4c(c3)OCCO4)ccc2N1S(=O)(=O)Cc1ccccc1. The zero-order chi connectivity index (χ0) is 83.5. The van der Waals surface area contributed by atoms with E-state index in [4.69, 9.17) is 37.9 Å². The van der Waals surface area contributed by atoms with Crippen LogP contribution in [0.1, 0.15) is 48.1 Å². The summed E-state index contributed by atoms with van der Waals surface area (Å²) in [5.74, 6) is 3.56. The molecule has 0 fully saturated rings. The number of sulfonamides is 4. The summed E-state index contributed by atoms with van der Waals surface area (Å²) in [6, 6.07) is 53.1. The third-order valence-electron chi connectivity index (χ3n) is 20.6. The van der Waals surface area contributed by atoms with Gasteiger partial charge in [0.1, 0.15) is 52.9 Å². The molecule has 0 aromatic heterocycles. The van der Waals surface area contributed by atoms with Crippen LogP contribution in [0.3, 0.4) is 0 Å². The van der Waals surface area contributed by atoms with Crippen molar-refractivity contribution in [1.29, 1.82) is 0 Å². The Morgan fingerprint density at radius 3 is 0.966 bits per heavy atom. The van der Waals surface area contributed by atoms with Gasteiger partial charge >= 0.3 is 0 Å². The molecule has 118 heavy (non-hydrogen) atoms. The first-order chi connectivity index (χ1) is 56.1. The van der Waals surface area contributed by atoms with E-state index in [9.17, 15) is 67.3 Å². The van der Waals surface area contributed by atoms with Crippen LogP contribution in [-0.2, 0) is 111 Å². The Balaban J connectivity index is 0.000000124. The van der Waals surface area contributed by atoms with Crippen LogP contribution in [0.5, 0.6) is 46.0 Å². The van der Waals surface area contributed by atoms with E-state index in [-0.39, 0.29) is 61.9 Å². The summed E-state index contributed by atoms with van der Waals surface area (Å²) in [7, 11) is -29.3. The molecule has 10 aromatic rings. The zero-order valence-corrected chi connectivity index (χ0v) is 70.5. The molecule has 18 rings (SSSR count). The van der Waals surface area contributed by atoms with Crippen LogP contribution in [0.2, 0.25) is 0 Å². The van der Waals surface area contributed by atoms with E-state index < -0.39 is 79.4 Å². The van der Waals surface area contributed by atoms with E-state index in [1.807, 2.05) is 19.9 Å². The summed E-state index contributed by atoms with van der Waals surface area (Å²) in [5, 5.41) is 0. The number of sulfone groups is 4. The van der Waals surface area contributed by atoms with Gasteiger partial charge in [0.25, 0.3) is 10.0 Å². The monoisotopic (exact) mass is 1760 g/mol. The first-order valence-electron chi connectivity index (χ1n) is 37.3. The summed E-state index contributed by atoms with van der Waals surface area (Å²) >= 11 is 0. The fourth-order valence-electron chi connectivity index (χ4n) is 15.1. The summed E-state index contributed by atoms with van der Waals surface area (Å²) in [6.07, 6.45) is 4.91. The zero-order valence-electron chi connectivity index (χ0n) is 64.0. The Morgan fingerprint density at radius 2 is 0.593 bits per heavy atom. The van der Waals surface area contributed by atoms with Gasteiger partial charge in [0, 0.05) is 49.4 Å². The molecule has 0 aliphatic carbocycles. The van der Waals surface area contributed by atoms with Crippen molar-refractivity contribution in [3.8, 4) is 46.0 Å². The van der Waals surface area contributed by atoms with Gasteiger partial charge in [0.2, 0.25) is 69.4 Å². The van der Waals surface area contributed by atoms with Crippen LogP contribution in [0.15, 0.2) is 250 Å². The van der Waals surface area contributed by atoms with Crippen molar-refractivity contribution in [3.05, 3.63) is 234 Å². The highest BCUT2D eigenvalue weighted by atomic mass is 32.2. The third kappa shape index (κ3) is 16.6. The largest absolute Gasteiger partial charge is 0.486 e. The smallest absolute Gasteiger partial charge is 0.264 e.